The molecule has 1 heterocycles. The quantitative estimate of drug-likeness (QED) is 0.776. The van der Waals surface area contributed by atoms with Crippen molar-refractivity contribution in [2.45, 2.75) is 90.8 Å². The zero-order valence-electron chi connectivity index (χ0n) is 16.9. The molecule has 2 unspecified atom stereocenters. The molecule has 0 aromatic rings. The lowest BCUT2D eigenvalue weighted by Crippen LogP contribution is -2.63. The SMILES string of the molecule is CC1(C)CC(NS(=O)(=O)CC23CCC(CC2=O)C3(C)C)CC(C)(C)N1O. The lowest BCUT2D eigenvalue weighted by Gasteiger charge is -2.51. The van der Waals surface area contributed by atoms with Gasteiger partial charge in [-0.2, -0.15) is 5.06 Å². The molecule has 3 rings (SSSR count). The van der Waals surface area contributed by atoms with Gasteiger partial charge in [0.05, 0.1) is 5.75 Å². The van der Waals surface area contributed by atoms with Crippen LogP contribution in [0.5, 0.6) is 0 Å². The summed E-state index contributed by atoms with van der Waals surface area (Å²) in [6.45, 7) is 11.8. The Morgan fingerprint density at radius 3 is 2.08 bits per heavy atom. The van der Waals surface area contributed by atoms with Crippen LogP contribution >= 0.6 is 0 Å². The molecule has 1 aliphatic heterocycles. The molecule has 26 heavy (non-hydrogen) atoms. The van der Waals surface area contributed by atoms with Gasteiger partial charge in [0, 0.05) is 29.0 Å². The number of fused-ring (bicyclic) bond motifs is 2. The van der Waals surface area contributed by atoms with Gasteiger partial charge in [0.25, 0.3) is 0 Å². The lowest BCUT2D eigenvalue weighted by molar-refractivity contribution is -0.245. The molecule has 0 radical (unpaired) electrons. The standard InChI is InChI=1S/C19H34N2O4S/c1-16(2)10-14(11-17(3,4)21(16)23)20-26(24,25)12-19-8-7-13(9-15(19)22)18(19,5)6/h13-14,20,23H,7-12H2,1-6H3. The van der Waals surface area contributed by atoms with E-state index in [-0.39, 0.29) is 23.0 Å². The fourth-order valence-electron chi connectivity index (χ4n) is 6.08. The summed E-state index contributed by atoms with van der Waals surface area (Å²) < 4.78 is 28.9. The molecular formula is C19H34N2O4S. The number of Topliss-reactive ketones (excluding diaryl/α,β-unsaturated/α-hetero) is 1. The minimum atomic E-state index is -3.60. The molecule has 150 valence electrons. The topological polar surface area (TPSA) is 86.7 Å². The minimum Gasteiger partial charge on any atom is -0.313 e. The van der Waals surface area contributed by atoms with E-state index < -0.39 is 26.5 Å². The maximum absolute atomic E-state index is 13.0. The van der Waals surface area contributed by atoms with Gasteiger partial charge >= 0.3 is 0 Å². The highest BCUT2D eigenvalue weighted by Gasteiger charge is 2.65. The predicted octanol–water partition coefficient (Wildman–Crippen LogP) is 2.71. The Hall–Kier alpha value is -0.500. The van der Waals surface area contributed by atoms with Crippen molar-refractivity contribution in [2.24, 2.45) is 16.7 Å². The predicted molar refractivity (Wildman–Crippen MR) is 100 cm³/mol. The number of nitrogens with zero attached hydrogens (tertiary/aromatic N) is 1. The number of rotatable bonds is 4. The van der Waals surface area contributed by atoms with Crippen molar-refractivity contribution in [3.63, 3.8) is 0 Å². The van der Waals surface area contributed by atoms with Gasteiger partial charge in [0.2, 0.25) is 10.0 Å². The van der Waals surface area contributed by atoms with Gasteiger partial charge < -0.3 is 5.21 Å². The summed E-state index contributed by atoms with van der Waals surface area (Å²) in [5, 5.41) is 11.8. The number of hydrogen-bond donors (Lipinski definition) is 2. The summed E-state index contributed by atoms with van der Waals surface area (Å²) >= 11 is 0. The second-order valence-corrected chi connectivity index (χ2v) is 12.3. The van der Waals surface area contributed by atoms with Gasteiger partial charge in [-0.15, -0.1) is 0 Å². The molecule has 7 heteroatoms. The van der Waals surface area contributed by atoms with E-state index in [1.54, 1.807) is 0 Å². The molecule has 2 atom stereocenters. The Labute approximate surface area is 157 Å². The smallest absolute Gasteiger partial charge is 0.212 e. The molecule has 2 N–H and O–H groups in total. The van der Waals surface area contributed by atoms with Crippen molar-refractivity contribution in [3.05, 3.63) is 0 Å². The number of piperidine rings is 1. The van der Waals surface area contributed by atoms with Crippen molar-refractivity contribution < 1.29 is 18.4 Å². The average Bonchev–Trinajstić information content (AvgIpc) is 2.77. The Bertz CT molecular complexity index is 695. The van der Waals surface area contributed by atoms with Gasteiger partial charge in [-0.05, 0) is 64.7 Å². The van der Waals surface area contributed by atoms with Crippen LogP contribution in [0, 0.1) is 16.7 Å². The van der Waals surface area contributed by atoms with E-state index >= 15 is 0 Å². The molecule has 3 aliphatic rings. The third kappa shape index (κ3) is 2.95. The van der Waals surface area contributed by atoms with Gasteiger partial charge in [0.1, 0.15) is 5.78 Å². The molecule has 2 bridgehead atoms. The van der Waals surface area contributed by atoms with Crippen molar-refractivity contribution in [1.29, 1.82) is 0 Å². The fraction of sp³-hybridized carbons (Fsp3) is 0.947. The summed E-state index contributed by atoms with van der Waals surface area (Å²) in [5.41, 5.74) is -2.04. The summed E-state index contributed by atoms with van der Waals surface area (Å²) in [7, 11) is -3.60. The van der Waals surface area contributed by atoms with Crippen molar-refractivity contribution >= 4 is 15.8 Å². The van der Waals surface area contributed by atoms with Crippen LogP contribution in [-0.2, 0) is 14.8 Å². The summed E-state index contributed by atoms with van der Waals surface area (Å²) in [6, 6.07) is -0.249. The van der Waals surface area contributed by atoms with E-state index in [9.17, 15) is 18.4 Å². The molecule has 6 nitrogen and oxygen atoms in total. The van der Waals surface area contributed by atoms with E-state index in [2.05, 4.69) is 18.6 Å². The molecule has 0 aromatic carbocycles. The molecule has 2 saturated carbocycles. The summed E-state index contributed by atoms with van der Waals surface area (Å²) in [6.07, 6.45) is 3.19. The Kier molecular flexibility index (Phi) is 4.48. The van der Waals surface area contributed by atoms with Gasteiger partial charge in [0.15, 0.2) is 0 Å². The van der Waals surface area contributed by atoms with Gasteiger partial charge in [-0.25, -0.2) is 13.1 Å². The lowest BCUT2D eigenvalue weighted by atomic mass is 9.70. The van der Waals surface area contributed by atoms with Crippen LogP contribution in [0.25, 0.3) is 0 Å². The summed E-state index contributed by atoms with van der Waals surface area (Å²) in [5.74, 6) is 0.318. The van der Waals surface area contributed by atoms with Crippen LogP contribution in [0.1, 0.15) is 73.6 Å². The Morgan fingerprint density at radius 2 is 1.65 bits per heavy atom. The molecule has 0 aromatic heterocycles. The Morgan fingerprint density at radius 1 is 1.12 bits per heavy atom. The Balaban J connectivity index is 1.79. The summed E-state index contributed by atoms with van der Waals surface area (Å²) in [4.78, 5) is 12.7. The monoisotopic (exact) mass is 386 g/mol. The fourth-order valence-corrected chi connectivity index (χ4v) is 8.17. The first-order valence-corrected chi connectivity index (χ1v) is 11.3. The normalized spacial score (nSPS) is 36.6. The molecular weight excluding hydrogens is 352 g/mol. The number of sulfonamides is 1. The molecule has 1 saturated heterocycles. The van der Waals surface area contributed by atoms with Crippen molar-refractivity contribution in [3.8, 4) is 0 Å². The minimum absolute atomic E-state index is 0.109. The second kappa shape index (κ2) is 5.75. The number of ketones is 1. The number of carbonyl (C=O) groups is 1. The van der Waals surface area contributed by atoms with E-state index in [4.69, 9.17) is 0 Å². The molecule has 3 fully saturated rings. The highest BCUT2D eigenvalue weighted by Crippen LogP contribution is 2.64. The third-order valence-electron chi connectivity index (χ3n) is 7.56. The zero-order chi connectivity index (χ0) is 19.8. The van der Waals surface area contributed by atoms with E-state index in [1.165, 1.54) is 5.06 Å². The zero-order valence-corrected chi connectivity index (χ0v) is 17.7. The first-order chi connectivity index (χ1) is 11.6. The highest BCUT2D eigenvalue weighted by atomic mass is 32.2. The first kappa shape index (κ1) is 20.2. The number of nitrogens with one attached hydrogen (secondary N) is 1. The highest BCUT2D eigenvalue weighted by molar-refractivity contribution is 7.89. The van der Waals surface area contributed by atoms with Crippen LogP contribution in [-0.4, -0.2) is 47.3 Å². The van der Waals surface area contributed by atoms with Crippen LogP contribution in [0.4, 0.5) is 0 Å². The van der Waals surface area contributed by atoms with E-state index in [0.29, 0.717) is 31.6 Å². The van der Waals surface area contributed by atoms with Crippen molar-refractivity contribution in [2.75, 3.05) is 5.75 Å². The van der Waals surface area contributed by atoms with E-state index in [0.717, 1.165) is 6.42 Å². The van der Waals surface area contributed by atoms with Crippen LogP contribution < -0.4 is 4.72 Å². The van der Waals surface area contributed by atoms with E-state index in [1.807, 2.05) is 27.7 Å². The van der Waals surface area contributed by atoms with Crippen molar-refractivity contribution in [1.82, 2.24) is 9.79 Å². The third-order valence-corrected chi connectivity index (χ3v) is 9.13. The van der Waals surface area contributed by atoms with Crippen LogP contribution in [0.3, 0.4) is 0 Å². The van der Waals surface area contributed by atoms with Gasteiger partial charge in [-0.1, -0.05) is 13.8 Å². The van der Waals surface area contributed by atoms with Gasteiger partial charge in [-0.3, -0.25) is 4.79 Å². The molecule has 2 aliphatic carbocycles. The largest absolute Gasteiger partial charge is 0.313 e. The number of hydroxylamine groups is 2. The first-order valence-electron chi connectivity index (χ1n) is 9.66. The second-order valence-electron chi connectivity index (χ2n) is 10.6. The average molecular weight is 387 g/mol. The maximum Gasteiger partial charge on any atom is 0.212 e. The number of carbonyl (C=O) groups excluding carboxylic acids is 1. The molecule has 0 amide bonds. The van der Waals surface area contributed by atoms with Crippen LogP contribution in [0.2, 0.25) is 0 Å². The molecule has 0 spiro atoms. The number of hydrogen-bond acceptors (Lipinski definition) is 5. The van der Waals surface area contributed by atoms with Crippen LogP contribution in [0.15, 0.2) is 0 Å². The maximum atomic E-state index is 13.0.